The standard InChI is InChI=1S/C27H27N5O2S/c33-27(32-13-15-34-16-14-32)20-8-11-31(12-9-20)25-23-22(19-5-2-1-3-6-19)18-35-26(23)30-24(29-25)21-7-4-10-28-17-21/h1-7,10,17-18,20H,8-9,11-16H2. The summed E-state index contributed by atoms with van der Waals surface area (Å²) in [5.41, 5.74) is 3.22. The molecule has 0 bridgehead atoms. The van der Waals surface area contributed by atoms with E-state index in [1.54, 1.807) is 17.5 Å². The molecule has 35 heavy (non-hydrogen) atoms. The summed E-state index contributed by atoms with van der Waals surface area (Å²) in [5.74, 6) is 1.98. The number of pyridine rings is 1. The predicted molar refractivity (Wildman–Crippen MR) is 138 cm³/mol. The van der Waals surface area contributed by atoms with E-state index in [1.807, 2.05) is 29.3 Å². The number of fused-ring (bicyclic) bond motifs is 1. The van der Waals surface area contributed by atoms with Crippen molar-refractivity contribution in [2.24, 2.45) is 5.92 Å². The minimum absolute atomic E-state index is 0.0653. The average molecular weight is 486 g/mol. The number of morpholine rings is 1. The molecule has 0 radical (unpaired) electrons. The zero-order valence-corrected chi connectivity index (χ0v) is 20.3. The molecule has 2 aliphatic heterocycles. The largest absolute Gasteiger partial charge is 0.378 e. The second kappa shape index (κ2) is 9.71. The van der Waals surface area contributed by atoms with Crippen molar-refractivity contribution in [2.75, 3.05) is 44.3 Å². The van der Waals surface area contributed by atoms with Crippen molar-refractivity contribution in [3.05, 3.63) is 60.2 Å². The van der Waals surface area contributed by atoms with Crippen molar-refractivity contribution < 1.29 is 9.53 Å². The molecule has 5 heterocycles. The summed E-state index contributed by atoms with van der Waals surface area (Å²) < 4.78 is 5.42. The highest BCUT2D eigenvalue weighted by Crippen LogP contribution is 2.40. The number of aromatic nitrogens is 3. The number of carbonyl (C=O) groups excluding carboxylic acids is 1. The van der Waals surface area contributed by atoms with Crippen LogP contribution in [-0.2, 0) is 9.53 Å². The number of rotatable bonds is 4. The van der Waals surface area contributed by atoms with Crippen LogP contribution in [0.1, 0.15) is 12.8 Å². The fourth-order valence-electron chi connectivity index (χ4n) is 4.99. The summed E-state index contributed by atoms with van der Waals surface area (Å²) in [7, 11) is 0. The highest BCUT2D eigenvalue weighted by Gasteiger charge is 2.31. The van der Waals surface area contributed by atoms with Crippen LogP contribution in [0.5, 0.6) is 0 Å². The van der Waals surface area contributed by atoms with Crippen LogP contribution >= 0.6 is 11.3 Å². The van der Waals surface area contributed by atoms with Gasteiger partial charge in [0.2, 0.25) is 5.91 Å². The monoisotopic (exact) mass is 485 g/mol. The summed E-state index contributed by atoms with van der Waals surface area (Å²) in [6, 6.07) is 14.3. The quantitative estimate of drug-likeness (QED) is 0.424. The minimum atomic E-state index is 0.0653. The number of benzene rings is 1. The van der Waals surface area contributed by atoms with Crippen LogP contribution in [0.4, 0.5) is 5.82 Å². The maximum absolute atomic E-state index is 13.1. The van der Waals surface area contributed by atoms with Crippen LogP contribution in [0.3, 0.4) is 0 Å². The molecule has 1 amide bonds. The highest BCUT2D eigenvalue weighted by atomic mass is 32.1. The Morgan fingerprint density at radius 3 is 2.46 bits per heavy atom. The Balaban J connectivity index is 1.35. The summed E-state index contributed by atoms with van der Waals surface area (Å²) >= 11 is 1.65. The fourth-order valence-corrected chi connectivity index (χ4v) is 5.93. The fraction of sp³-hybridized carbons (Fsp3) is 0.333. The van der Waals surface area contributed by atoms with Crippen LogP contribution in [-0.4, -0.2) is 65.2 Å². The number of carbonyl (C=O) groups is 1. The zero-order chi connectivity index (χ0) is 23.6. The van der Waals surface area contributed by atoms with E-state index in [1.165, 1.54) is 0 Å². The number of ether oxygens (including phenoxy) is 1. The van der Waals surface area contributed by atoms with E-state index in [-0.39, 0.29) is 11.8 Å². The summed E-state index contributed by atoms with van der Waals surface area (Å²) in [4.78, 5) is 32.6. The van der Waals surface area contributed by atoms with Gasteiger partial charge in [0, 0.05) is 61.0 Å². The van der Waals surface area contributed by atoms with E-state index >= 15 is 0 Å². The molecular formula is C27H27N5O2S. The number of anilines is 1. The Bertz CT molecular complexity index is 1310. The Kier molecular flexibility index (Phi) is 6.14. The molecule has 7 nitrogen and oxygen atoms in total. The Hall–Kier alpha value is -3.36. The lowest BCUT2D eigenvalue weighted by Gasteiger charge is -2.36. The van der Waals surface area contributed by atoms with Gasteiger partial charge in [0.15, 0.2) is 5.82 Å². The molecule has 1 aromatic carbocycles. The van der Waals surface area contributed by atoms with Gasteiger partial charge in [-0.3, -0.25) is 9.78 Å². The van der Waals surface area contributed by atoms with E-state index in [0.29, 0.717) is 32.1 Å². The van der Waals surface area contributed by atoms with Gasteiger partial charge in [0.05, 0.1) is 18.6 Å². The molecule has 0 aliphatic carbocycles. The molecule has 2 saturated heterocycles. The van der Waals surface area contributed by atoms with Crippen molar-refractivity contribution in [3.63, 3.8) is 0 Å². The van der Waals surface area contributed by atoms with Crippen LogP contribution in [0, 0.1) is 5.92 Å². The van der Waals surface area contributed by atoms with Crippen LogP contribution in [0.15, 0.2) is 60.2 Å². The van der Waals surface area contributed by atoms with Crippen molar-refractivity contribution in [1.29, 1.82) is 0 Å². The van der Waals surface area contributed by atoms with Gasteiger partial charge in [0.1, 0.15) is 10.6 Å². The van der Waals surface area contributed by atoms with Crippen molar-refractivity contribution in [1.82, 2.24) is 19.9 Å². The lowest BCUT2D eigenvalue weighted by atomic mass is 9.94. The molecular weight excluding hydrogens is 458 g/mol. The summed E-state index contributed by atoms with van der Waals surface area (Å²) in [5, 5.41) is 3.27. The molecule has 0 N–H and O–H groups in total. The number of nitrogens with zero attached hydrogens (tertiary/aromatic N) is 5. The lowest BCUT2D eigenvalue weighted by molar-refractivity contribution is -0.140. The molecule has 0 spiro atoms. The maximum atomic E-state index is 13.1. The van der Waals surface area contributed by atoms with E-state index < -0.39 is 0 Å². The molecule has 8 heteroatoms. The van der Waals surface area contributed by atoms with Gasteiger partial charge in [-0.05, 0) is 30.5 Å². The first-order chi connectivity index (χ1) is 17.3. The lowest BCUT2D eigenvalue weighted by Crippen LogP contribution is -2.47. The van der Waals surface area contributed by atoms with Crippen molar-refractivity contribution in [2.45, 2.75) is 12.8 Å². The highest BCUT2D eigenvalue weighted by molar-refractivity contribution is 7.17. The van der Waals surface area contributed by atoms with Gasteiger partial charge in [-0.15, -0.1) is 11.3 Å². The van der Waals surface area contributed by atoms with E-state index in [4.69, 9.17) is 14.7 Å². The van der Waals surface area contributed by atoms with Gasteiger partial charge >= 0.3 is 0 Å². The average Bonchev–Trinajstić information content (AvgIpc) is 3.38. The van der Waals surface area contributed by atoms with E-state index in [2.05, 4.69) is 39.5 Å². The Morgan fingerprint density at radius 2 is 1.71 bits per heavy atom. The third-order valence-corrected chi connectivity index (χ3v) is 7.76. The minimum Gasteiger partial charge on any atom is -0.378 e. The van der Waals surface area contributed by atoms with Crippen LogP contribution in [0.25, 0.3) is 32.7 Å². The first-order valence-electron chi connectivity index (χ1n) is 12.1. The molecule has 2 fully saturated rings. The number of thiophene rings is 1. The SMILES string of the molecule is O=C(C1CCN(c2nc(-c3cccnc3)nc3scc(-c4ccccc4)c23)CC1)N1CCOCC1. The normalized spacial score (nSPS) is 17.1. The van der Waals surface area contributed by atoms with E-state index in [0.717, 1.165) is 58.7 Å². The molecule has 0 saturated carbocycles. The first-order valence-corrected chi connectivity index (χ1v) is 13.0. The molecule has 2 aliphatic rings. The molecule has 4 aromatic rings. The Labute approximate surface area is 208 Å². The third kappa shape index (κ3) is 4.39. The topological polar surface area (TPSA) is 71.5 Å². The smallest absolute Gasteiger partial charge is 0.225 e. The van der Waals surface area contributed by atoms with E-state index in [9.17, 15) is 4.79 Å². The van der Waals surface area contributed by atoms with Gasteiger partial charge in [0.25, 0.3) is 0 Å². The van der Waals surface area contributed by atoms with Gasteiger partial charge in [-0.2, -0.15) is 0 Å². The van der Waals surface area contributed by atoms with Gasteiger partial charge in [-0.1, -0.05) is 30.3 Å². The zero-order valence-electron chi connectivity index (χ0n) is 19.5. The van der Waals surface area contributed by atoms with Gasteiger partial charge in [-0.25, -0.2) is 9.97 Å². The molecule has 178 valence electrons. The Morgan fingerprint density at radius 1 is 0.943 bits per heavy atom. The van der Waals surface area contributed by atoms with Crippen molar-refractivity contribution in [3.8, 4) is 22.5 Å². The maximum Gasteiger partial charge on any atom is 0.225 e. The summed E-state index contributed by atoms with van der Waals surface area (Å²) in [6.45, 7) is 4.28. The molecule has 0 atom stereocenters. The molecule has 0 unspecified atom stereocenters. The second-order valence-corrected chi connectivity index (χ2v) is 9.87. The van der Waals surface area contributed by atoms with Crippen LogP contribution < -0.4 is 4.90 Å². The first kappa shape index (κ1) is 22.1. The van der Waals surface area contributed by atoms with Gasteiger partial charge < -0.3 is 14.5 Å². The third-order valence-electron chi connectivity index (χ3n) is 6.89. The van der Waals surface area contributed by atoms with Crippen LogP contribution in [0.2, 0.25) is 0 Å². The second-order valence-electron chi connectivity index (χ2n) is 9.01. The number of hydrogen-bond acceptors (Lipinski definition) is 7. The van der Waals surface area contributed by atoms with Crippen molar-refractivity contribution >= 4 is 33.3 Å². The predicted octanol–water partition coefficient (Wildman–Crippen LogP) is 4.50. The number of hydrogen-bond donors (Lipinski definition) is 0. The summed E-state index contributed by atoms with van der Waals surface area (Å²) in [6.07, 6.45) is 5.23. The number of piperidine rings is 1. The molecule has 3 aromatic heterocycles. The number of amides is 1. The molecule has 6 rings (SSSR count).